The lowest BCUT2D eigenvalue weighted by Gasteiger charge is -2.38. The first-order chi connectivity index (χ1) is 5.77. The van der Waals surface area contributed by atoms with Gasteiger partial charge in [-0.25, -0.2) is 0 Å². The first-order valence-corrected chi connectivity index (χ1v) is 5.14. The van der Waals surface area contributed by atoms with Crippen LogP contribution in [0, 0.1) is 0 Å². The van der Waals surface area contributed by atoms with Crippen molar-refractivity contribution in [2.75, 3.05) is 13.2 Å². The number of ether oxygens (including phenoxy) is 1. The minimum Gasteiger partial charge on any atom is -0.372 e. The normalized spacial score (nSPS) is 43.0. The van der Waals surface area contributed by atoms with E-state index in [4.69, 9.17) is 4.74 Å². The summed E-state index contributed by atoms with van der Waals surface area (Å²) in [5, 5.41) is 0. The third-order valence-corrected chi connectivity index (χ3v) is 3.19. The molecule has 2 rings (SSSR count). The van der Waals surface area contributed by atoms with Gasteiger partial charge in [-0.2, -0.15) is 0 Å². The van der Waals surface area contributed by atoms with Crippen molar-refractivity contribution in [3.05, 3.63) is 0 Å². The number of hydrogen-bond acceptors (Lipinski definition) is 2. The van der Waals surface area contributed by atoms with Crippen LogP contribution in [0.1, 0.15) is 33.1 Å². The van der Waals surface area contributed by atoms with Crippen LogP contribution in [-0.4, -0.2) is 36.2 Å². The lowest BCUT2D eigenvalue weighted by Crippen LogP contribution is -2.45. The molecule has 0 amide bonds. The molecule has 2 aliphatic rings. The summed E-state index contributed by atoms with van der Waals surface area (Å²) in [6.45, 7) is 6.86. The van der Waals surface area contributed by atoms with Gasteiger partial charge in [-0.3, -0.25) is 4.90 Å². The highest BCUT2D eigenvalue weighted by Gasteiger charge is 2.31. The predicted octanol–water partition coefficient (Wildman–Crippen LogP) is 1.65. The molecule has 2 heteroatoms. The average molecular weight is 169 g/mol. The van der Waals surface area contributed by atoms with E-state index in [2.05, 4.69) is 18.7 Å². The maximum atomic E-state index is 5.27. The Morgan fingerprint density at radius 2 is 1.83 bits per heavy atom. The maximum absolute atomic E-state index is 5.27. The van der Waals surface area contributed by atoms with Gasteiger partial charge in [0.2, 0.25) is 0 Å². The van der Waals surface area contributed by atoms with Crippen LogP contribution in [0.4, 0.5) is 0 Å². The summed E-state index contributed by atoms with van der Waals surface area (Å²) in [6.07, 6.45) is 4.71. The van der Waals surface area contributed by atoms with Crippen LogP contribution in [0.15, 0.2) is 0 Å². The van der Waals surface area contributed by atoms with Gasteiger partial charge in [-0.05, 0) is 26.7 Å². The van der Waals surface area contributed by atoms with Crippen molar-refractivity contribution in [3.63, 3.8) is 0 Å². The zero-order valence-corrected chi connectivity index (χ0v) is 8.12. The Labute approximate surface area is 74.9 Å². The molecule has 70 valence electrons. The second-order valence-electron chi connectivity index (χ2n) is 4.28. The molecular formula is C10H19NO. The topological polar surface area (TPSA) is 15.8 Å². The Balaban J connectivity index is 1.88. The van der Waals surface area contributed by atoms with Crippen LogP contribution in [0.5, 0.6) is 0 Å². The smallest absolute Gasteiger partial charge is 0.0936 e. The van der Waals surface area contributed by atoms with Crippen LogP contribution < -0.4 is 0 Å². The van der Waals surface area contributed by atoms with E-state index in [0.717, 1.165) is 18.7 Å². The van der Waals surface area contributed by atoms with Gasteiger partial charge in [0.05, 0.1) is 12.7 Å². The van der Waals surface area contributed by atoms with Gasteiger partial charge < -0.3 is 4.74 Å². The van der Waals surface area contributed by atoms with E-state index in [1.807, 2.05) is 0 Å². The van der Waals surface area contributed by atoms with E-state index < -0.39 is 0 Å². The molecule has 0 bridgehead atoms. The molecule has 3 atom stereocenters. The highest BCUT2D eigenvalue weighted by Crippen LogP contribution is 2.24. The van der Waals surface area contributed by atoms with Crippen molar-refractivity contribution in [2.45, 2.75) is 51.3 Å². The zero-order valence-electron chi connectivity index (χ0n) is 8.12. The fourth-order valence-electron chi connectivity index (χ4n) is 2.24. The van der Waals surface area contributed by atoms with Crippen LogP contribution in [-0.2, 0) is 4.74 Å². The second-order valence-corrected chi connectivity index (χ2v) is 4.28. The first-order valence-electron chi connectivity index (χ1n) is 5.14. The van der Waals surface area contributed by atoms with E-state index in [1.54, 1.807) is 0 Å². The summed E-state index contributed by atoms with van der Waals surface area (Å²) in [5.41, 5.74) is 0. The molecule has 0 aromatic carbocycles. The Morgan fingerprint density at radius 1 is 1.25 bits per heavy atom. The maximum Gasteiger partial charge on any atom is 0.0936 e. The molecule has 1 unspecified atom stereocenters. The van der Waals surface area contributed by atoms with Crippen molar-refractivity contribution < 1.29 is 4.74 Å². The third-order valence-electron chi connectivity index (χ3n) is 3.19. The number of nitrogens with zero attached hydrogens (tertiary/aromatic N) is 1. The van der Waals surface area contributed by atoms with Crippen LogP contribution in [0.2, 0.25) is 0 Å². The van der Waals surface area contributed by atoms with Crippen LogP contribution in [0.3, 0.4) is 0 Å². The molecule has 0 saturated carbocycles. The number of piperidine rings is 1. The molecule has 0 aromatic heterocycles. The van der Waals surface area contributed by atoms with Gasteiger partial charge in [-0.1, -0.05) is 6.42 Å². The van der Waals surface area contributed by atoms with Crippen LogP contribution >= 0.6 is 0 Å². The summed E-state index contributed by atoms with van der Waals surface area (Å²) in [5.74, 6) is 0. The van der Waals surface area contributed by atoms with Gasteiger partial charge in [0.15, 0.2) is 0 Å². The van der Waals surface area contributed by atoms with E-state index >= 15 is 0 Å². The Bertz CT molecular complexity index is 146. The van der Waals surface area contributed by atoms with Gasteiger partial charge >= 0.3 is 0 Å². The Hall–Kier alpha value is -0.0800. The molecular weight excluding hydrogens is 150 g/mol. The number of rotatable bonds is 2. The number of epoxide rings is 1. The fraction of sp³-hybridized carbons (Fsp3) is 1.00. The zero-order chi connectivity index (χ0) is 8.55. The minimum absolute atomic E-state index is 0.563. The second kappa shape index (κ2) is 3.35. The minimum atomic E-state index is 0.563. The summed E-state index contributed by atoms with van der Waals surface area (Å²) in [4.78, 5) is 2.61. The van der Waals surface area contributed by atoms with E-state index in [-0.39, 0.29) is 0 Å². The van der Waals surface area contributed by atoms with Gasteiger partial charge in [-0.15, -0.1) is 0 Å². The summed E-state index contributed by atoms with van der Waals surface area (Å²) in [6, 6.07) is 1.55. The quantitative estimate of drug-likeness (QED) is 0.584. The summed E-state index contributed by atoms with van der Waals surface area (Å²) >= 11 is 0. The van der Waals surface area contributed by atoms with Gasteiger partial charge in [0.25, 0.3) is 0 Å². The van der Waals surface area contributed by atoms with Crippen molar-refractivity contribution in [1.29, 1.82) is 0 Å². The molecule has 0 radical (unpaired) electrons. The summed E-state index contributed by atoms with van der Waals surface area (Å²) < 4.78 is 5.27. The highest BCUT2D eigenvalue weighted by atomic mass is 16.6. The lowest BCUT2D eigenvalue weighted by molar-refractivity contribution is 0.0941. The molecule has 0 spiro atoms. The Kier molecular flexibility index (Phi) is 2.37. The molecule has 0 aromatic rings. The third kappa shape index (κ3) is 1.80. The molecule has 12 heavy (non-hydrogen) atoms. The molecule has 2 fully saturated rings. The van der Waals surface area contributed by atoms with Gasteiger partial charge in [0.1, 0.15) is 0 Å². The van der Waals surface area contributed by atoms with Crippen molar-refractivity contribution >= 4 is 0 Å². The molecule has 2 saturated heterocycles. The highest BCUT2D eigenvalue weighted by molar-refractivity contribution is 4.84. The average Bonchev–Trinajstić information content (AvgIpc) is 2.80. The van der Waals surface area contributed by atoms with E-state index in [0.29, 0.717) is 6.10 Å². The molecule has 2 aliphatic heterocycles. The molecule has 2 nitrogen and oxygen atoms in total. The van der Waals surface area contributed by atoms with E-state index in [9.17, 15) is 0 Å². The van der Waals surface area contributed by atoms with Crippen molar-refractivity contribution in [2.24, 2.45) is 0 Å². The monoisotopic (exact) mass is 169 g/mol. The Morgan fingerprint density at radius 3 is 2.33 bits per heavy atom. The molecule has 2 heterocycles. The SMILES string of the molecule is C[C@@H]1CCC[C@H](C)N1CC1CO1. The number of likely N-dealkylation sites (tertiary alicyclic amines) is 1. The lowest BCUT2D eigenvalue weighted by atomic mass is 9.97. The molecule has 0 N–H and O–H groups in total. The predicted molar refractivity (Wildman–Crippen MR) is 49.2 cm³/mol. The van der Waals surface area contributed by atoms with Gasteiger partial charge in [0, 0.05) is 18.6 Å². The van der Waals surface area contributed by atoms with Crippen LogP contribution in [0.25, 0.3) is 0 Å². The number of hydrogen-bond donors (Lipinski definition) is 0. The first kappa shape index (κ1) is 8.52. The largest absolute Gasteiger partial charge is 0.372 e. The summed E-state index contributed by atoms with van der Waals surface area (Å²) in [7, 11) is 0. The van der Waals surface area contributed by atoms with Crippen molar-refractivity contribution in [1.82, 2.24) is 4.90 Å². The fourth-order valence-corrected chi connectivity index (χ4v) is 2.24. The van der Waals surface area contributed by atoms with Crippen molar-refractivity contribution in [3.8, 4) is 0 Å². The van der Waals surface area contributed by atoms with E-state index in [1.165, 1.54) is 25.8 Å². The standard InChI is InChI=1S/C10H19NO/c1-8-4-3-5-9(2)11(8)6-10-7-12-10/h8-10H,3-7H2,1-2H3/t8-,9+,10?. The molecule has 0 aliphatic carbocycles.